The molecule has 0 heterocycles. The Balaban J connectivity index is 3.20. The second kappa shape index (κ2) is 5.92. The number of nitrogens with zero attached hydrogens (tertiary/aromatic N) is 1. The maximum absolute atomic E-state index is 9.37. The van der Waals surface area contributed by atoms with E-state index in [1.165, 1.54) is 18.5 Å². The van der Waals surface area contributed by atoms with Crippen LogP contribution in [-0.2, 0) is 9.53 Å². The lowest BCUT2D eigenvalue weighted by Gasteiger charge is -1.86. The molecule has 0 spiro atoms. The SMILES string of the molecule is CCOC=CN=C=O. The summed E-state index contributed by atoms with van der Waals surface area (Å²) >= 11 is 0. The maximum Gasteiger partial charge on any atom is 0.240 e. The summed E-state index contributed by atoms with van der Waals surface area (Å²) in [5, 5.41) is 0. The minimum absolute atomic E-state index is 0.588. The van der Waals surface area contributed by atoms with Crippen LogP contribution < -0.4 is 0 Å². The summed E-state index contributed by atoms with van der Waals surface area (Å²) in [5.41, 5.74) is 0. The van der Waals surface area contributed by atoms with Gasteiger partial charge in [-0.1, -0.05) is 0 Å². The van der Waals surface area contributed by atoms with Crippen LogP contribution in [0, 0.1) is 0 Å². The first-order valence-electron chi connectivity index (χ1n) is 2.25. The van der Waals surface area contributed by atoms with E-state index >= 15 is 0 Å². The molecule has 0 radical (unpaired) electrons. The maximum atomic E-state index is 9.37. The molecule has 0 aromatic rings. The van der Waals surface area contributed by atoms with Gasteiger partial charge in [-0.2, -0.15) is 4.99 Å². The predicted molar refractivity (Wildman–Crippen MR) is 28.9 cm³/mol. The fourth-order valence-electron chi connectivity index (χ4n) is 0.200. The number of aliphatic imine (C=N–C) groups is 1. The van der Waals surface area contributed by atoms with Gasteiger partial charge in [0, 0.05) is 0 Å². The number of rotatable bonds is 3. The Morgan fingerprint density at radius 2 is 2.62 bits per heavy atom. The molecule has 3 nitrogen and oxygen atoms in total. The Kier molecular flexibility index (Phi) is 5.12. The van der Waals surface area contributed by atoms with Gasteiger partial charge in [-0.05, 0) is 6.92 Å². The Bertz CT molecular complexity index is 114. The second-order valence-corrected chi connectivity index (χ2v) is 0.961. The van der Waals surface area contributed by atoms with Gasteiger partial charge in [-0.25, -0.2) is 4.79 Å². The van der Waals surface area contributed by atoms with Crippen LogP contribution in [0.1, 0.15) is 6.92 Å². The third kappa shape index (κ3) is 4.92. The zero-order valence-electron chi connectivity index (χ0n) is 4.63. The highest BCUT2D eigenvalue weighted by Crippen LogP contribution is 1.74. The van der Waals surface area contributed by atoms with Crippen molar-refractivity contribution in [1.29, 1.82) is 0 Å². The van der Waals surface area contributed by atoms with Crippen molar-refractivity contribution in [3.8, 4) is 0 Å². The van der Waals surface area contributed by atoms with E-state index in [9.17, 15) is 4.79 Å². The Morgan fingerprint density at radius 3 is 3.12 bits per heavy atom. The monoisotopic (exact) mass is 113 g/mol. The molecule has 0 atom stereocenters. The zero-order valence-corrected chi connectivity index (χ0v) is 4.63. The number of ether oxygens (including phenoxy) is 1. The van der Waals surface area contributed by atoms with E-state index in [1.54, 1.807) is 0 Å². The Morgan fingerprint density at radius 1 is 1.88 bits per heavy atom. The van der Waals surface area contributed by atoms with Crippen LogP contribution >= 0.6 is 0 Å². The van der Waals surface area contributed by atoms with Crippen LogP contribution in [0.15, 0.2) is 17.5 Å². The summed E-state index contributed by atoms with van der Waals surface area (Å²) < 4.78 is 4.68. The van der Waals surface area contributed by atoms with E-state index in [0.717, 1.165) is 0 Å². The van der Waals surface area contributed by atoms with Crippen molar-refractivity contribution >= 4 is 6.08 Å². The average molecular weight is 113 g/mol. The molecule has 0 amide bonds. The lowest BCUT2D eigenvalue weighted by atomic mass is 10.8. The minimum atomic E-state index is 0.588. The van der Waals surface area contributed by atoms with E-state index in [0.29, 0.717) is 6.61 Å². The van der Waals surface area contributed by atoms with Crippen LogP contribution in [0.3, 0.4) is 0 Å². The largest absolute Gasteiger partial charge is 0.500 e. The van der Waals surface area contributed by atoms with Gasteiger partial charge >= 0.3 is 0 Å². The Labute approximate surface area is 47.7 Å². The molecular formula is C5H7NO2. The molecule has 0 aromatic heterocycles. The second-order valence-electron chi connectivity index (χ2n) is 0.961. The predicted octanol–water partition coefficient (Wildman–Crippen LogP) is 0.830. The fraction of sp³-hybridized carbons (Fsp3) is 0.400. The minimum Gasteiger partial charge on any atom is -0.500 e. The van der Waals surface area contributed by atoms with Crippen LogP contribution in [0.4, 0.5) is 0 Å². The molecule has 8 heavy (non-hydrogen) atoms. The summed E-state index contributed by atoms with van der Waals surface area (Å²) in [6, 6.07) is 0. The van der Waals surface area contributed by atoms with E-state index in [2.05, 4.69) is 9.73 Å². The molecule has 0 fully saturated rings. The molecule has 0 saturated carbocycles. The summed E-state index contributed by atoms with van der Waals surface area (Å²) in [5.74, 6) is 0. The highest BCUT2D eigenvalue weighted by Gasteiger charge is 1.64. The van der Waals surface area contributed by atoms with Crippen LogP contribution in [0.2, 0.25) is 0 Å². The molecule has 0 unspecified atom stereocenters. The molecule has 0 aliphatic rings. The summed E-state index contributed by atoms with van der Waals surface area (Å²) in [4.78, 5) is 12.5. The molecule has 0 bridgehead atoms. The van der Waals surface area contributed by atoms with Crippen molar-refractivity contribution in [2.24, 2.45) is 4.99 Å². The van der Waals surface area contributed by atoms with E-state index in [4.69, 9.17) is 0 Å². The van der Waals surface area contributed by atoms with Crippen LogP contribution in [0.5, 0.6) is 0 Å². The van der Waals surface area contributed by atoms with E-state index < -0.39 is 0 Å². The van der Waals surface area contributed by atoms with Gasteiger partial charge in [0.05, 0.1) is 12.8 Å². The topological polar surface area (TPSA) is 38.7 Å². The standard InChI is InChI=1S/C5H7NO2/c1-2-8-4-3-6-5-7/h3-4H,2H2,1H3. The summed E-state index contributed by atoms with van der Waals surface area (Å²) in [6.07, 6.45) is 3.92. The number of hydrogen-bond donors (Lipinski definition) is 0. The first-order valence-corrected chi connectivity index (χ1v) is 2.25. The van der Waals surface area contributed by atoms with Gasteiger partial charge in [0.2, 0.25) is 6.08 Å². The molecule has 3 heteroatoms. The quantitative estimate of drug-likeness (QED) is 0.309. The molecule has 0 saturated heterocycles. The fourth-order valence-corrected chi connectivity index (χ4v) is 0.200. The number of carbonyl (C=O) groups excluding carboxylic acids is 1. The van der Waals surface area contributed by atoms with Crippen LogP contribution in [0.25, 0.3) is 0 Å². The zero-order chi connectivity index (χ0) is 6.24. The third-order valence-electron chi connectivity index (χ3n) is 0.451. The molecule has 0 aliphatic carbocycles. The smallest absolute Gasteiger partial charge is 0.240 e. The molecule has 44 valence electrons. The van der Waals surface area contributed by atoms with Crippen LogP contribution in [-0.4, -0.2) is 12.7 Å². The van der Waals surface area contributed by atoms with Crippen molar-refractivity contribution in [1.82, 2.24) is 0 Å². The van der Waals surface area contributed by atoms with Gasteiger partial charge < -0.3 is 4.74 Å². The molecule has 0 rings (SSSR count). The van der Waals surface area contributed by atoms with Gasteiger partial charge in [-0.3, -0.25) is 0 Å². The lowest BCUT2D eigenvalue weighted by molar-refractivity contribution is 0.268. The normalized spacial score (nSPS) is 8.62. The van der Waals surface area contributed by atoms with E-state index in [-0.39, 0.29) is 0 Å². The first-order chi connectivity index (χ1) is 3.91. The van der Waals surface area contributed by atoms with Gasteiger partial charge in [0.1, 0.15) is 6.26 Å². The van der Waals surface area contributed by atoms with Crippen molar-refractivity contribution in [3.05, 3.63) is 12.5 Å². The van der Waals surface area contributed by atoms with Crippen molar-refractivity contribution < 1.29 is 9.53 Å². The van der Waals surface area contributed by atoms with Gasteiger partial charge in [0.25, 0.3) is 0 Å². The highest BCUT2D eigenvalue weighted by atomic mass is 16.5. The van der Waals surface area contributed by atoms with Crippen molar-refractivity contribution in [3.63, 3.8) is 0 Å². The number of hydrogen-bond acceptors (Lipinski definition) is 3. The van der Waals surface area contributed by atoms with Gasteiger partial charge in [0.15, 0.2) is 0 Å². The van der Waals surface area contributed by atoms with Gasteiger partial charge in [-0.15, -0.1) is 0 Å². The summed E-state index contributed by atoms with van der Waals surface area (Å²) in [6.45, 7) is 2.43. The van der Waals surface area contributed by atoms with Crippen molar-refractivity contribution in [2.75, 3.05) is 6.61 Å². The summed E-state index contributed by atoms with van der Waals surface area (Å²) in [7, 11) is 0. The third-order valence-corrected chi connectivity index (χ3v) is 0.451. The molecular weight excluding hydrogens is 106 g/mol. The number of isocyanates is 1. The average Bonchev–Trinajstić information content (AvgIpc) is 1.81. The van der Waals surface area contributed by atoms with E-state index in [1.807, 2.05) is 6.92 Å². The molecule has 0 N–H and O–H groups in total. The van der Waals surface area contributed by atoms with Crippen molar-refractivity contribution in [2.45, 2.75) is 6.92 Å². The highest BCUT2D eigenvalue weighted by molar-refractivity contribution is 5.34. The first kappa shape index (κ1) is 6.92. The molecule has 0 aliphatic heterocycles. The lowest BCUT2D eigenvalue weighted by Crippen LogP contribution is -1.74. The Hall–Kier alpha value is -1.08. The molecule has 0 aromatic carbocycles.